The topological polar surface area (TPSA) is 66.4 Å². The Bertz CT molecular complexity index is 538. The zero-order valence-corrected chi connectivity index (χ0v) is 12.2. The second-order valence-electron chi connectivity index (χ2n) is 5.57. The van der Waals surface area contributed by atoms with Gasteiger partial charge in [0.05, 0.1) is 6.42 Å². The van der Waals surface area contributed by atoms with Gasteiger partial charge in [-0.25, -0.2) is 0 Å². The lowest BCUT2D eigenvalue weighted by molar-refractivity contribution is -0.141. The first-order chi connectivity index (χ1) is 9.42. The van der Waals surface area contributed by atoms with Gasteiger partial charge in [-0.15, -0.1) is 0 Å². The van der Waals surface area contributed by atoms with Gasteiger partial charge in [-0.1, -0.05) is 24.1 Å². The Morgan fingerprint density at radius 3 is 2.60 bits per heavy atom. The second-order valence-corrected chi connectivity index (χ2v) is 5.98. The molecule has 1 aromatic carbocycles. The third-order valence-electron chi connectivity index (χ3n) is 4.00. The average molecular weight is 296 g/mol. The van der Waals surface area contributed by atoms with Gasteiger partial charge in [0.25, 0.3) is 5.91 Å². The third kappa shape index (κ3) is 3.31. The maximum absolute atomic E-state index is 12.1. The van der Waals surface area contributed by atoms with E-state index in [2.05, 4.69) is 5.32 Å². The van der Waals surface area contributed by atoms with Crippen molar-refractivity contribution < 1.29 is 14.7 Å². The number of amides is 1. The standard InChI is InChI=1S/C15H18ClNO3/c1-10-3-4-11(7-12(10)16)14(20)17-9-15(5-2-6-15)8-13(18)19/h3-4,7H,2,5-6,8-9H2,1H3,(H,17,20)(H,18,19). The summed E-state index contributed by atoms with van der Waals surface area (Å²) in [6, 6.07) is 5.16. The molecule has 4 nitrogen and oxygen atoms in total. The summed E-state index contributed by atoms with van der Waals surface area (Å²) in [6.45, 7) is 2.28. The van der Waals surface area contributed by atoms with Crippen LogP contribution in [0.5, 0.6) is 0 Å². The normalized spacial score (nSPS) is 16.3. The largest absolute Gasteiger partial charge is 0.481 e. The molecule has 2 N–H and O–H groups in total. The van der Waals surface area contributed by atoms with Crippen LogP contribution >= 0.6 is 11.6 Å². The number of hydrogen-bond donors (Lipinski definition) is 2. The molecule has 0 saturated heterocycles. The monoisotopic (exact) mass is 295 g/mol. The second kappa shape index (κ2) is 5.83. The fourth-order valence-corrected chi connectivity index (χ4v) is 2.70. The van der Waals surface area contributed by atoms with Gasteiger partial charge in [-0.3, -0.25) is 9.59 Å². The van der Waals surface area contributed by atoms with E-state index in [0.717, 1.165) is 24.8 Å². The zero-order valence-electron chi connectivity index (χ0n) is 11.4. The first-order valence-corrected chi connectivity index (χ1v) is 7.06. The van der Waals surface area contributed by atoms with Crippen LogP contribution in [0.1, 0.15) is 41.6 Å². The Hall–Kier alpha value is -1.55. The highest BCUT2D eigenvalue weighted by molar-refractivity contribution is 6.31. The van der Waals surface area contributed by atoms with E-state index in [1.165, 1.54) is 0 Å². The molecule has 0 spiro atoms. The molecule has 20 heavy (non-hydrogen) atoms. The van der Waals surface area contributed by atoms with Gasteiger partial charge in [0.2, 0.25) is 0 Å². The molecule has 0 aliphatic heterocycles. The summed E-state index contributed by atoms with van der Waals surface area (Å²) in [7, 11) is 0. The molecule has 1 aromatic rings. The van der Waals surface area contributed by atoms with Gasteiger partial charge in [0.15, 0.2) is 0 Å². The summed E-state index contributed by atoms with van der Waals surface area (Å²) >= 11 is 6.00. The summed E-state index contributed by atoms with van der Waals surface area (Å²) in [5.41, 5.74) is 1.16. The van der Waals surface area contributed by atoms with Crippen LogP contribution < -0.4 is 5.32 Å². The summed E-state index contributed by atoms with van der Waals surface area (Å²) < 4.78 is 0. The van der Waals surface area contributed by atoms with E-state index < -0.39 is 5.97 Å². The minimum atomic E-state index is -0.808. The average Bonchev–Trinajstić information content (AvgIpc) is 2.35. The van der Waals surface area contributed by atoms with Gasteiger partial charge >= 0.3 is 5.97 Å². The highest BCUT2D eigenvalue weighted by Gasteiger charge is 2.39. The van der Waals surface area contributed by atoms with Crippen molar-refractivity contribution in [3.05, 3.63) is 34.3 Å². The van der Waals surface area contributed by atoms with E-state index in [9.17, 15) is 9.59 Å². The number of halogens is 1. The van der Waals surface area contributed by atoms with E-state index >= 15 is 0 Å². The molecule has 1 saturated carbocycles. The molecule has 0 unspecified atom stereocenters. The smallest absolute Gasteiger partial charge is 0.303 e. The van der Waals surface area contributed by atoms with Crippen LogP contribution in [0.25, 0.3) is 0 Å². The maximum Gasteiger partial charge on any atom is 0.303 e. The number of aryl methyl sites for hydroxylation is 1. The molecular weight excluding hydrogens is 278 g/mol. The Morgan fingerprint density at radius 1 is 1.40 bits per heavy atom. The SMILES string of the molecule is Cc1ccc(C(=O)NCC2(CC(=O)O)CCC2)cc1Cl. The van der Waals surface area contributed by atoms with Crippen LogP contribution in [0, 0.1) is 12.3 Å². The molecule has 1 aliphatic rings. The summed E-state index contributed by atoms with van der Waals surface area (Å²) in [5, 5.41) is 12.3. The number of carbonyl (C=O) groups excluding carboxylic acids is 1. The van der Waals surface area contributed by atoms with Crippen molar-refractivity contribution in [1.29, 1.82) is 0 Å². The first-order valence-electron chi connectivity index (χ1n) is 6.68. The lowest BCUT2D eigenvalue weighted by Crippen LogP contribution is -2.43. The number of carbonyl (C=O) groups is 2. The Kier molecular flexibility index (Phi) is 4.33. The highest BCUT2D eigenvalue weighted by atomic mass is 35.5. The van der Waals surface area contributed by atoms with Gasteiger partial charge < -0.3 is 10.4 Å². The van der Waals surface area contributed by atoms with Crippen molar-refractivity contribution in [2.24, 2.45) is 5.41 Å². The van der Waals surface area contributed by atoms with Crippen molar-refractivity contribution in [2.45, 2.75) is 32.6 Å². The minimum absolute atomic E-state index is 0.113. The maximum atomic E-state index is 12.1. The number of carboxylic acid groups (broad SMARTS) is 1. The molecule has 1 aliphatic carbocycles. The number of carboxylic acids is 1. The fourth-order valence-electron chi connectivity index (χ4n) is 2.52. The van der Waals surface area contributed by atoms with Crippen LogP contribution in [0.15, 0.2) is 18.2 Å². The minimum Gasteiger partial charge on any atom is -0.481 e. The first kappa shape index (κ1) is 14.9. The molecule has 0 heterocycles. The summed E-state index contributed by atoms with van der Waals surface area (Å²) in [5.74, 6) is -1.01. The van der Waals surface area contributed by atoms with Crippen molar-refractivity contribution in [2.75, 3.05) is 6.54 Å². The molecule has 0 aromatic heterocycles. The Morgan fingerprint density at radius 2 is 2.10 bits per heavy atom. The van der Waals surface area contributed by atoms with Gasteiger partial charge in [-0.05, 0) is 42.9 Å². The van der Waals surface area contributed by atoms with E-state index in [4.69, 9.17) is 16.7 Å². The number of nitrogens with one attached hydrogen (secondary N) is 1. The molecule has 0 radical (unpaired) electrons. The number of hydrogen-bond acceptors (Lipinski definition) is 2. The van der Waals surface area contributed by atoms with E-state index in [1.54, 1.807) is 18.2 Å². The van der Waals surface area contributed by atoms with Gasteiger partial charge in [-0.2, -0.15) is 0 Å². The molecule has 1 fully saturated rings. The molecule has 5 heteroatoms. The molecule has 108 valence electrons. The van der Waals surface area contributed by atoms with Crippen molar-refractivity contribution in [3.8, 4) is 0 Å². The van der Waals surface area contributed by atoms with Crippen LogP contribution in [0.4, 0.5) is 0 Å². The molecule has 0 bridgehead atoms. The van der Waals surface area contributed by atoms with Crippen LogP contribution in [0.3, 0.4) is 0 Å². The van der Waals surface area contributed by atoms with Crippen molar-refractivity contribution in [1.82, 2.24) is 5.32 Å². The summed E-state index contributed by atoms with van der Waals surface area (Å²) in [4.78, 5) is 22.9. The Labute approximate surface area is 123 Å². The fraction of sp³-hybridized carbons (Fsp3) is 0.467. The van der Waals surface area contributed by atoms with E-state index in [-0.39, 0.29) is 17.7 Å². The number of aliphatic carboxylic acids is 1. The molecule has 2 rings (SSSR count). The van der Waals surface area contributed by atoms with Crippen LogP contribution in [0.2, 0.25) is 5.02 Å². The lowest BCUT2D eigenvalue weighted by atomic mass is 9.66. The van der Waals surface area contributed by atoms with Crippen LogP contribution in [-0.2, 0) is 4.79 Å². The highest BCUT2D eigenvalue weighted by Crippen LogP contribution is 2.43. The predicted molar refractivity (Wildman–Crippen MR) is 77.1 cm³/mol. The van der Waals surface area contributed by atoms with Crippen molar-refractivity contribution >= 4 is 23.5 Å². The number of benzene rings is 1. The number of rotatable bonds is 5. The predicted octanol–water partition coefficient (Wildman–Crippen LogP) is 3.02. The Balaban J connectivity index is 1.97. The molecular formula is C15H18ClNO3. The van der Waals surface area contributed by atoms with Gasteiger partial charge in [0, 0.05) is 17.1 Å². The van der Waals surface area contributed by atoms with Crippen molar-refractivity contribution in [3.63, 3.8) is 0 Å². The quantitative estimate of drug-likeness (QED) is 0.877. The third-order valence-corrected chi connectivity index (χ3v) is 4.41. The van der Waals surface area contributed by atoms with E-state index in [0.29, 0.717) is 17.1 Å². The lowest BCUT2D eigenvalue weighted by Gasteiger charge is -2.40. The molecule has 1 amide bonds. The summed E-state index contributed by atoms with van der Waals surface area (Å²) in [6.07, 6.45) is 2.85. The van der Waals surface area contributed by atoms with E-state index in [1.807, 2.05) is 6.92 Å². The van der Waals surface area contributed by atoms with Gasteiger partial charge in [0.1, 0.15) is 0 Å². The van der Waals surface area contributed by atoms with Crippen LogP contribution in [-0.4, -0.2) is 23.5 Å². The zero-order chi connectivity index (χ0) is 14.8. The molecule has 0 atom stereocenters.